The number of hydrogen-bond acceptors (Lipinski definition) is 2. The van der Waals surface area contributed by atoms with Gasteiger partial charge in [-0.05, 0) is 36.5 Å². The minimum Gasteiger partial charge on any atom is -0.496 e. The number of halogens is 1. The Balaban J connectivity index is 2.32. The number of aliphatic carboxylic acids is 1. The molecule has 0 atom stereocenters. The summed E-state index contributed by atoms with van der Waals surface area (Å²) in [6, 6.07) is 3.68. The maximum absolute atomic E-state index is 10.8. The lowest BCUT2D eigenvalue weighted by Gasteiger charge is -2.24. The number of carbonyl (C=O) groups is 1. The van der Waals surface area contributed by atoms with Gasteiger partial charge in [0.05, 0.1) is 13.5 Å². The molecular weight excluding hydrogens is 264 g/mol. The zero-order valence-corrected chi connectivity index (χ0v) is 11.9. The standard InChI is InChI=1S/C15H19ClO3/c1-19-14-9-12(10-5-3-2-4-6-10)13(16)7-11(14)8-15(17)18/h7,9-10H,2-6,8H2,1H3,(H,17,18). The lowest BCUT2D eigenvalue weighted by atomic mass is 9.83. The predicted molar refractivity (Wildman–Crippen MR) is 75.2 cm³/mol. The Kier molecular flexibility index (Phi) is 4.70. The van der Waals surface area contributed by atoms with E-state index in [0.29, 0.717) is 22.3 Å². The summed E-state index contributed by atoms with van der Waals surface area (Å²) in [4.78, 5) is 10.8. The van der Waals surface area contributed by atoms with Crippen molar-refractivity contribution in [3.8, 4) is 5.75 Å². The van der Waals surface area contributed by atoms with Crippen LogP contribution >= 0.6 is 11.6 Å². The molecule has 1 N–H and O–H groups in total. The van der Waals surface area contributed by atoms with Gasteiger partial charge in [0.1, 0.15) is 5.75 Å². The summed E-state index contributed by atoms with van der Waals surface area (Å²) in [7, 11) is 1.57. The van der Waals surface area contributed by atoms with Crippen LogP contribution in [0.25, 0.3) is 0 Å². The lowest BCUT2D eigenvalue weighted by Crippen LogP contribution is -2.08. The Bertz CT molecular complexity index is 465. The van der Waals surface area contributed by atoms with Gasteiger partial charge in [-0.15, -0.1) is 0 Å². The van der Waals surface area contributed by atoms with Gasteiger partial charge in [-0.1, -0.05) is 30.9 Å². The molecule has 104 valence electrons. The van der Waals surface area contributed by atoms with Crippen LogP contribution in [0.1, 0.15) is 49.1 Å². The van der Waals surface area contributed by atoms with E-state index in [1.165, 1.54) is 19.3 Å². The Morgan fingerprint density at radius 3 is 2.63 bits per heavy atom. The van der Waals surface area contributed by atoms with Gasteiger partial charge in [-0.3, -0.25) is 4.79 Å². The van der Waals surface area contributed by atoms with Crippen LogP contribution < -0.4 is 4.74 Å². The van der Waals surface area contributed by atoms with Crippen LogP contribution in [0.2, 0.25) is 5.02 Å². The Labute approximate surface area is 118 Å². The van der Waals surface area contributed by atoms with Crippen molar-refractivity contribution in [2.75, 3.05) is 7.11 Å². The second kappa shape index (κ2) is 6.29. The van der Waals surface area contributed by atoms with Gasteiger partial charge >= 0.3 is 5.97 Å². The molecule has 0 amide bonds. The molecule has 0 heterocycles. The van der Waals surface area contributed by atoms with Gasteiger partial charge in [0, 0.05) is 10.6 Å². The molecule has 2 rings (SSSR count). The summed E-state index contributed by atoms with van der Waals surface area (Å²) in [5.41, 5.74) is 1.74. The molecule has 1 saturated carbocycles. The van der Waals surface area contributed by atoms with Crippen molar-refractivity contribution in [3.63, 3.8) is 0 Å². The summed E-state index contributed by atoms with van der Waals surface area (Å²) < 4.78 is 5.31. The number of carboxylic acid groups (broad SMARTS) is 1. The van der Waals surface area contributed by atoms with Gasteiger partial charge in [-0.2, -0.15) is 0 Å². The average Bonchev–Trinajstić information content (AvgIpc) is 2.39. The van der Waals surface area contributed by atoms with Crippen LogP contribution in [-0.2, 0) is 11.2 Å². The first kappa shape index (κ1) is 14.2. The molecule has 0 bridgehead atoms. The van der Waals surface area contributed by atoms with E-state index in [2.05, 4.69) is 0 Å². The molecule has 19 heavy (non-hydrogen) atoms. The molecule has 1 fully saturated rings. The Hall–Kier alpha value is -1.22. The van der Waals surface area contributed by atoms with Crippen LogP contribution in [0.4, 0.5) is 0 Å². The third kappa shape index (κ3) is 3.41. The third-order valence-electron chi connectivity index (χ3n) is 3.79. The smallest absolute Gasteiger partial charge is 0.307 e. The monoisotopic (exact) mass is 282 g/mol. The van der Waals surface area contributed by atoms with E-state index < -0.39 is 5.97 Å². The van der Waals surface area contributed by atoms with E-state index in [-0.39, 0.29) is 6.42 Å². The van der Waals surface area contributed by atoms with E-state index >= 15 is 0 Å². The highest BCUT2D eigenvalue weighted by Gasteiger charge is 2.20. The fourth-order valence-corrected chi connectivity index (χ4v) is 3.17. The van der Waals surface area contributed by atoms with Crippen molar-refractivity contribution in [3.05, 3.63) is 28.3 Å². The zero-order chi connectivity index (χ0) is 13.8. The Morgan fingerprint density at radius 1 is 1.37 bits per heavy atom. The van der Waals surface area contributed by atoms with Crippen LogP contribution in [-0.4, -0.2) is 18.2 Å². The third-order valence-corrected chi connectivity index (χ3v) is 4.11. The van der Waals surface area contributed by atoms with Crippen LogP contribution in [0.5, 0.6) is 5.75 Å². The van der Waals surface area contributed by atoms with Gasteiger partial charge in [0.2, 0.25) is 0 Å². The van der Waals surface area contributed by atoms with Gasteiger partial charge in [0.15, 0.2) is 0 Å². The average molecular weight is 283 g/mol. The summed E-state index contributed by atoms with van der Waals surface area (Å²) in [5, 5.41) is 9.57. The summed E-state index contributed by atoms with van der Waals surface area (Å²) in [6.45, 7) is 0. The summed E-state index contributed by atoms with van der Waals surface area (Å²) in [5.74, 6) is 0.237. The van der Waals surface area contributed by atoms with Crippen molar-refractivity contribution >= 4 is 17.6 Å². The molecule has 0 radical (unpaired) electrons. The topological polar surface area (TPSA) is 46.5 Å². The molecule has 1 aromatic carbocycles. The van der Waals surface area contributed by atoms with Crippen LogP contribution in [0.15, 0.2) is 12.1 Å². The molecule has 1 aliphatic carbocycles. The zero-order valence-electron chi connectivity index (χ0n) is 11.1. The molecule has 0 saturated heterocycles. The van der Waals surface area contributed by atoms with E-state index in [0.717, 1.165) is 18.4 Å². The summed E-state index contributed by atoms with van der Waals surface area (Å²) in [6.07, 6.45) is 6.01. The first-order valence-electron chi connectivity index (χ1n) is 6.70. The predicted octanol–water partition coefficient (Wildman–Crippen LogP) is 4.02. The largest absolute Gasteiger partial charge is 0.496 e. The first-order valence-corrected chi connectivity index (χ1v) is 7.07. The fraction of sp³-hybridized carbons (Fsp3) is 0.533. The second-order valence-corrected chi connectivity index (χ2v) is 5.50. The van der Waals surface area contributed by atoms with Crippen LogP contribution in [0, 0.1) is 0 Å². The number of ether oxygens (including phenoxy) is 1. The minimum atomic E-state index is -0.875. The molecule has 0 aromatic heterocycles. The van der Waals surface area contributed by atoms with Gasteiger partial charge in [0.25, 0.3) is 0 Å². The maximum atomic E-state index is 10.8. The van der Waals surface area contributed by atoms with Gasteiger partial charge < -0.3 is 9.84 Å². The van der Waals surface area contributed by atoms with E-state index in [1.807, 2.05) is 6.07 Å². The SMILES string of the molecule is COc1cc(C2CCCCC2)c(Cl)cc1CC(=O)O. The van der Waals surface area contributed by atoms with Crippen molar-refractivity contribution in [1.82, 2.24) is 0 Å². The quantitative estimate of drug-likeness (QED) is 0.907. The van der Waals surface area contributed by atoms with Crippen molar-refractivity contribution < 1.29 is 14.6 Å². The molecule has 0 unspecified atom stereocenters. The molecule has 4 heteroatoms. The summed E-state index contributed by atoms with van der Waals surface area (Å²) >= 11 is 6.33. The molecule has 1 aromatic rings. The number of methoxy groups -OCH3 is 1. The first-order chi connectivity index (χ1) is 9.11. The molecular formula is C15H19ClO3. The Morgan fingerprint density at radius 2 is 2.05 bits per heavy atom. The number of benzene rings is 1. The maximum Gasteiger partial charge on any atom is 0.307 e. The molecule has 0 spiro atoms. The fourth-order valence-electron chi connectivity index (χ4n) is 2.83. The number of hydrogen-bond donors (Lipinski definition) is 1. The van der Waals surface area contributed by atoms with E-state index in [4.69, 9.17) is 21.4 Å². The van der Waals surface area contributed by atoms with E-state index in [1.54, 1.807) is 13.2 Å². The van der Waals surface area contributed by atoms with Crippen molar-refractivity contribution in [2.24, 2.45) is 0 Å². The lowest BCUT2D eigenvalue weighted by molar-refractivity contribution is -0.136. The van der Waals surface area contributed by atoms with Gasteiger partial charge in [-0.25, -0.2) is 0 Å². The van der Waals surface area contributed by atoms with Crippen molar-refractivity contribution in [1.29, 1.82) is 0 Å². The normalized spacial score (nSPS) is 16.3. The highest BCUT2D eigenvalue weighted by molar-refractivity contribution is 6.31. The molecule has 3 nitrogen and oxygen atoms in total. The highest BCUT2D eigenvalue weighted by Crippen LogP contribution is 2.39. The molecule has 1 aliphatic rings. The highest BCUT2D eigenvalue weighted by atomic mass is 35.5. The number of rotatable bonds is 4. The number of carboxylic acids is 1. The van der Waals surface area contributed by atoms with Crippen molar-refractivity contribution in [2.45, 2.75) is 44.4 Å². The van der Waals surface area contributed by atoms with Crippen LogP contribution in [0.3, 0.4) is 0 Å². The minimum absolute atomic E-state index is 0.0617. The van der Waals surface area contributed by atoms with E-state index in [9.17, 15) is 4.79 Å². The second-order valence-electron chi connectivity index (χ2n) is 5.09. The molecule has 0 aliphatic heterocycles.